The van der Waals surface area contributed by atoms with Crippen molar-refractivity contribution in [2.75, 3.05) is 6.61 Å². The summed E-state index contributed by atoms with van der Waals surface area (Å²) in [4.78, 5) is 37.5. The molecule has 6 atom stereocenters. The molecule has 1 aliphatic heterocycles. The Hall–Kier alpha value is -3.56. The van der Waals surface area contributed by atoms with Gasteiger partial charge < -0.3 is 19.1 Å². The number of hydrogen-bond acceptors (Lipinski definition) is 9. The maximum absolute atomic E-state index is 15.2. The van der Waals surface area contributed by atoms with Crippen LogP contribution in [-0.4, -0.2) is 63.7 Å². The highest BCUT2D eigenvalue weighted by Crippen LogP contribution is 2.50. The molecule has 17 heteroatoms. The van der Waals surface area contributed by atoms with Crippen molar-refractivity contribution in [3.05, 3.63) is 75.3 Å². The third-order valence-corrected chi connectivity index (χ3v) is 8.08. The number of fused-ring (bicyclic) bond motifs is 1. The number of alkyl halides is 3. The minimum Gasteiger partial charge on any atom is -0.462 e. The van der Waals surface area contributed by atoms with Crippen molar-refractivity contribution in [2.24, 2.45) is 0 Å². The number of aliphatic hydroxyl groups is 1. The summed E-state index contributed by atoms with van der Waals surface area (Å²) in [7, 11) is -4.87. The molecule has 12 nitrogen and oxygen atoms in total. The van der Waals surface area contributed by atoms with Gasteiger partial charge in [0.1, 0.15) is 17.9 Å². The number of esters is 1. The summed E-state index contributed by atoms with van der Waals surface area (Å²) in [5, 5.41) is 13.9. The fourth-order valence-corrected chi connectivity index (χ4v) is 5.86. The van der Waals surface area contributed by atoms with Crippen molar-refractivity contribution in [1.29, 1.82) is 0 Å². The van der Waals surface area contributed by atoms with E-state index in [-0.39, 0.29) is 16.5 Å². The molecular weight excluding hydrogens is 605 g/mol. The smallest absolute Gasteiger partial charge is 0.459 e. The summed E-state index contributed by atoms with van der Waals surface area (Å²) in [5.74, 6) is -2.51. The fraction of sp³-hybridized carbons (Fsp3) is 0.423. The number of halogens is 4. The van der Waals surface area contributed by atoms with E-state index >= 15 is 4.39 Å². The van der Waals surface area contributed by atoms with E-state index in [1.165, 1.54) is 18.0 Å². The maximum atomic E-state index is 15.2. The van der Waals surface area contributed by atoms with Gasteiger partial charge in [0, 0.05) is 5.39 Å². The molecule has 0 bridgehead atoms. The van der Waals surface area contributed by atoms with E-state index in [2.05, 4.69) is 5.09 Å². The molecule has 0 amide bonds. The number of carbonyl (C=O) groups is 1. The van der Waals surface area contributed by atoms with E-state index in [9.17, 15) is 37.2 Å². The van der Waals surface area contributed by atoms with Crippen molar-refractivity contribution < 1.29 is 50.5 Å². The van der Waals surface area contributed by atoms with Crippen LogP contribution in [0.4, 0.5) is 17.6 Å². The average molecular weight is 633 g/mol. The van der Waals surface area contributed by atoms with Crippen LogP contribution in [0.25, 0.3) is 10.8 Å². The summed E-state index contributed by atoms with van der Waals surface area (Å²) < 4.78 is 93.4. The molecule has 4 rings (SSSR count). The summed E-state index contributed by atoms with van der Waals surface area (Å²) in [6.45, 7) is 2.84. The van der Waals surface area contributed by atoms with Gasteiger partial charge in [-0.2, -0.15) is 9.48 Å². The largest absolute Gasteiger partial charge is 0.462 e. The van der Waals surface area contributed by atoms with Crippen molar-refractivity contribution in [3.63, 3.8) is 0 Å². The van der Waals surface area contributed by atoms with Crippen molar-refractivity contribution in [1.82, 2.24) is 14.6 Å². The predicted octanol–water partition coefficient (Wildman–Crippen LogP) is 3.19. The van der Waals surface area contributed by atoms with Crippen LogP contribution < -0.4 is 20.9 Å². The highest BCUT2D eigenvalue weighted by atomic mass is 31.2. The van der Waals surface area contributed by atoms with Gasteiger partial charge in [-0.15, -0.1) is 0 Å². The molecule has 2 aromatic carbocycles. The second-order valence-electron chi connectivity index (χ2n) is 9.97. The molecule has 0 aliphatic carbocycles. The Morgan fingerprint density at radius 3 is 2.53 bits per heavy atom. The van der Waals surface area contributed by atoms with E-state index in [0.717, 1.165) is 0 Å². The number of aromatic amines is 1. The zero-order valence-electron chi connectivity index (χ0n) is 22.9. The summed E-state index contributed by atoms with van der Waals surface area (Å²) in [6.07, 6.45) is -11.9. The molecule has 1 aromatic heterocycles. The Bertz CT molecular complexity index is 1650. The lowest BCUT2D eigenvalue weighted by Crippen LogP contribution is -2.52. The fourth-order valence-electron chi connectivity index (χ4n) is 4.31. The Kier molecular flexibility index (Phi) is 9.47. The summed E-state index contributed by atoms with van der Waals surface area (Å²) in [6, 6.07) is 9.95. The van der Waals surface area contributed by atoms with E-state index in [0.29, 0.717) is 10.8 Å². The van der Waals surface area contributed by atoms with E-state index < -0.39 is 80.1 Å². The van der Waals surface area contributed by atoms with Gasteiger partial charge in [-0.1, -0.05) is 36.4 Å². The number of benzene rings is 2. The molecule has 0 saturated carbocycles. The number of aliphatic hydroxyl groups excluding tert-OH is 1. The molecule has 1 fully saturated rings. The quantitative estimate of drug-likeness (QED) is 0.163. The monoisotopic (exact) mass is 633 g/mol. The van der Waals surface area contributed by atoms with E-state index in [1.54, 1.807) is 50.2 Å². The first-order valence-corrected chi connectivity index (χ1v) is 14.4. The van der Waals surface area contributed by atoms with E-state index in [4.69, 9.17) is 18.5 Å². The van der Waals surface area contributed by atoms with Gasteiger partial charge in [0.05, 0.1) is 18.9 Å². The van der Waals surface area contributed by atoms with Gasteiger partial charge in [0.2, 0.25) is 5.82 Å². The topological polar surface area (TPSA) is 158 Å². The highest BCUT2D eigenvalue weighted by molar-refractivity contribution is 7.52. The number of nitrogens with zero attached hydrogens (tertiary/aromatic N) is 1. The third-order valence-electron chi connectivity index (χ3n) is 6.47. The summed E-state index contributed by atoms with van der Waals surface area (Å²) >= 11 is 0. The minimum atomic E-state index is -4.87. The molecular formula is C26H28F4N3O9P. The zero-order valence-corrected chi connectivity index (χ0v) is 23.8. The standard InChI is InChI=1S/C26H28F4N3O9P/c1-13(2)40-23(36)14(3)32-43(38,42-18-10-6-8-15-7-4-5-9-16(15)18)39-12-26(24(29)30)20(34)19(28)22(41-26)33-11-17(27)21(35)31-25(33)37/h4-11,13-14,19-20,22,24,34H,12H2,1-3H3,(H,32,38)(H,31,35,37). The van der Waals surface area contributed by atoms with Crippen LogP contribution in [0.15, 0.2) is 58.3 Å². The Morgan fingerprint density at radius 2 is 1.86 bits per heavy atom. The lowest BCUT2D eigenvalue weighted by atomic mass is 9.97. The molecule has 43 heavy (non-hydrogen) atoms. The van der Waals surface area contributed by atoms with Gasteiger partial charge >= 0.3 is 19.4 Å². The molecule has 0 radical (unpaired) electrons. The Labute approximate surface area is 241 Å². The molecule has 3 aromatic rings. The van der Waals surface area contributed by atoms with Gasteiger partial charge in [-0.3, -0.25) is 23.7 Å². The minimum absolute atomic E-state index is 0.0474. The van der Waals surface area contributed by atoms with Gasteiger partial charge in [-0.25, -0.2) is 22.5 Å². The first-order valence-electron chi connectivity index (χ1n) is 12.9. The second-order valence-corrected chi connectivity index (χ2v) is 11.7. The van der Waals surface area contributed by atoms with Crippen LogP contribution in [0.5, 0.6) is 5.75 Å². The first kappa shape index (κ1) is 32.4. The highest BCUT2D eigenvalue weighted by Gasteiger charge is 2.62. The lowest BCUT2D eigenvalue weighted by molar-refractivity contribution is -0.193. The Balaban J connectivity index is 1.69. The molecule has 2 heterocycles. The number of ether oxygens (including phenoxy) is 2. The molecule has 6 unspecified atom stereocenters. The Morgan fingerprint density at radius 1 is 1.19 bits per heavy atom. The predicted molar refractivity (Wildman–Crippen MR) is 143 cm³/mol. The van der Waals surface area contributed by atoms with Crippen LogP contribution in [0.2, 0.25) is 0 Å². The number of hydrogen-bond donors (Lipinski definition) is 3. The first-order chi connectivity index (χ1) is 20.2. The molecule has 3 N–H and O–H groups in total. The average Bonchev–Trinajstić information content (AvgIpc) is 3.20. The van der Waals surface area contributed by atoms with Crippen molar-refractivity contribution in [2.45, 2.75) is 63.4 Å². The molecule has 1 saturated heterocycles. The van der Waals surface area contributed by atoms with Gasteiger partial charge in [-0.05, 0) is 32.2 Å². The van der Waals surface area contributed by atoms with Crippen molar-refractivity contribution in [3.8, 4) is 5.75 Å². The normalized spacial score (nSPS) is 24.3. The summed E-state index contributed by atoms with van der Waals surface area (Å²) in [5.41, 5.74) is -6.15. The van der Waals surface area contributed by atoms with Crippen LogP contribution in [0.1, 0.15) is 27.0 Å². The van der Waals surface area contributed by atoms with Gasteiger partial charge in [0.15, 0.2) is 18.0 Å². The van der Waals surface area contributed by atoms with E-state index in [1.807, 2.05) is 0 Å². The number of H-pyrrole nitrogens is 1. The van der Waals surface area contributed by atoms with Gasteiger partial charge in [0.25, 0.3) is 12.0 Å². The van der Waals surface area contributed by atoms with Crippen LogP contribution in [-0.2, 0) is 23.4 Å². The molecule has 0 spiro atoms. The van der Waals surface area contributed by atoms with Crippen LogP contribution >= 0.6 is 7.75 Å². The number of rotatable bonds is 11. The maximum Gasteiger partial charge on any atom is 0.459 e. The number of aromatic nitrogens is 2. The second kappa shape index (κ2) is 12.6. The SMILES string of the molecule is CC(C)OC(=O)C(C)NP(=O)(OCC1(C(F)F)OC(n2cc(F)c(=O)[nH]c2=O)C(F)C1O)Oc1cccc2ccccc12. The molecule has 1 aliphatic rings. The van der Waals surface area contributed by atoms with Crippen LogP contribution in [0.3, 0.4) is 0 Å². The molecule has 234 valence electrons. The van der Waals surface area contributed by atoms with Crippen molar-refractivity contribution >= 4 is 24.5 Å². The number of carbonyl (C=O) groups excluding carboxylic acids is 1. The third kappa shape index (κ3) is 6.68. The zero-order chi connectivity index (χ0) is 31.7. The van der Waals surface area contributed by atoms with Crippen LogP contribution in [0, 0.1) is 5.82 Å². The number of nitrogens with one attached hydrogen (secondary N) is 2. The lowest BCUT2D eigenvalue weighted by Gasteiger charge is -2.32.